The van der Waals surface area contributed by atoms with E-state index in [4.69, 9.17) is 4.74 Å². The molecule has 0 spiro atoms. The second kappa shape index (κ2) is 8.15. The molecule has 6 heteroatoms. The summed E-state index contributed by atoms with van der Waals surface area (Å²) in [5, 5.41) is 3.02. The van der Waals surface area contributed by atoms with E-state index < -0.39 is 0 Å². The van der Waals surface area contributed by atoms with Crippen LogP contribution in [0.3, 0.4) is 0 Å². The fourth-order valence-electron chi connectivity index (χ4n) is 2.78. The summed E-state index contributed by atoms with van der Waals surface area (Å²) in [7, 11) is 5.63. The molecule has 2 atom stereocenters. The SMILES string of the molecule is COc1ccc(N2CC(C(=O)NC(C)CCN(C)C)CC2=O)cc1. The van der Waals surface area contributed by atoms with Crippen LogP contribution in [0.1, 0.15) is 19.8 Å². The fraction of sp³-hybridized carbons (Fsp3) is 0.556. The Hall–Kier alpha value is -2.08. The Morgan fingerprint density at radius 1 is 1.38 bits per heavy atom. The van der Waals surface area contributed by atoms with Gasteiger partial charge in [0, 0.05) is 24.7 Å². The summed E-state index contributed by atoms with van der Waals surface area (Å²) in [5.74, 6) is 0.405. The highest BCUT2D eigenvalue weighted by atomic mass is 16.5. The second-order valence-electron chi connectivity index (χ2n) is 6.61. The third-order valence-electron chi connectivity index (χ3n) is 4.28. The van der Waals surface area contributed by atoms with Crippen molar-refractivity contribution < 1.29 is 14.3 Å². The van der Waals surface area contributed by atoms with Gasteiger partial charge in [-0.1, -0.05) is 0 Å². The third kappa shape index (κ3) is 4.71. The Morgan fingerprint density at radius 2 is 2.04 bits per heavy atom. The molecule has 2 unspecified atom stereocenters. The lowest BCUT2D eigenvalue weighted by Gasteiger charge is -2.20. The molecule has 1 saturated heterocycles. The van der Waals surface area contributed by atoms with Crippen LogP contribution in [0, 0.1) is 5.92 Å². The number of anilines is 1. The molecule has 1 N–H and O–H groups in total. The Balaban J connectivity index is 1.92. The van der Waals surface area contributed by atoms with Gasteiger partial charge in [0.25, 0.3) is 0 Å². The molecule has 0 saturated carbocycles. The van der Waals surface area contributed by atoms with Crippen molar-refractivity contribution in [1.29, 1.82) is 0 Å². The first-order valence-electron chi connectivity index (χ1n) is 8.30. The largest absolute Gasteiger partial charge is 0.497 e. The molecule has 1 aliphatic heterocycles. The van der Waals surface area contributed by atoms with Crippen molar-refractivity contribution in [3.05, 3.63) is 24.3 Å². The molecule has 1 heterocycles. The molecule has 132 valence electrons. The average molecular weight is 333 g/mol. The lowest BCUT2D eigenvalue weighted by atomic mass is 10.1. The minimum atomic E-state index is -0.290. The molecular weight excluding hydrogens is 306 g/mol. The van der Waals surface area contributed by atoms with Gasteiger partial charge in [-0.05, 0) is 58.3 Å². The van der Waals surface area contributed by atoms with Gasteiger partial charge in [0.15, 0.2) is 0 Å². The zero-order chi connectivity index (χ0) is 17.7. The summed E-state index contributed by atoms with van der Waals surface area (Å²) in [6.45, 7) is 3.35. The van der Waals surface area contributed by atoms with E-state index in [0.717, 1.165) is 24.4 Å². The zero-order valence-electron chi connectivity index (χ0n) is 14.9. The first-order chi connectivity index (χ1) is 11.4. The van der Waals surface area contributed by atoms with E-state index in [1.807, 2.05) is 45.3 Å². The van der Waals surface area contributed by atoms with E-state index in [-0.39, 0.29) is 30.2 Å². The monoisotopic (exact) mass is 333 g/mol. The minimum Gasteiger partial charge on any atom is -0.497 e. The van der Waals surface area contributed by atoms with Crippen molar-refractivity contribution in [2.24, 2.45) is 5.92 Å². The number of hydrogen-bond acceptors (Lipinski definition) is 4. The number of carbonyl (C=O) groups is 2. The Bertz CT molecular complexity index is 571. The van der Waals surface area contributed by atoms with Crippen LogP contribution in [0.2, 0.25) is 0 Å². The van der Waals surface area contributed by atoms with E-state index >= 15 is 0 Å². The lowest BCUT2D eigenvalue weighted by molar-refractivity contribution is -0.126. The Labute approximate surface area is 143 Å². The highest BCUT2D eigenvalue weighted by Crippen LogP contribution is 2.27. The Morgan fingerprint density at radius 3 is 2.62 bits per heavy atom. The molecule has 6 nitrogen and oxygen atoms in total. The van der Waals surface area contributed by atoms with E-state index in [1.54, 1.807) is 12.0 Å². The van der Waals surface area contributed by atoms with Gasteiger partial charge in [0.2, 0.25) is 11.8 Å². The summed E-state index contributed by atoms with van der Waals surface area (Å²) >= 11 is 0. The molecule has 1 fully saturated rings. The van der Waals surface area contributed by atoms with Crippen LogP contribution in [0.5, 0.6) is 5.75 Å². The number of hydrogen-bond donors (Lipinski definition) is 1. The van der Waals surface area contributed by atoms with Crippen LogP contribution in [0.4, 0.5) is 5.69 Å². The van der Waals surface area contributed by atoms with Crippen molar-refractivity contribution in [3.63, 3.8) is 0 Å². The molecular formula is C18H27N3O3. The molecule has 0 aromatic heterocycles. The molecule has 0 bridgehead atoms. The van der Waals surface area contributed by atoms with Crippen molar-refractivity contribution in [2.75, 3.05) is 39.2 Å². The van der Waals surface area contributed by atoms with Crippen LogP contribution in [0.15, 0.2) is 24.3 Å². The van der Waals surface area contributed by atoms with Gasteiger partial charge in [-0.3, -0.25) is 9.59 Å². The van der Waals surface area contributed by atoms with Crippen molar-refractivity contribution in [1.82, 2.24) is 10.2 Å². The maximum Gasteiger partial charge on any atom is 0.227 e. The maximum absolute atomic E-state index is 12.4. The van der Waals surface area contributed by atoms with Gasteiger partial charge in [-0.2, -0.15) is 0 Å². The van der Waals surface area contributed by atoms with Crippen molar-refractivity contribution in [2.45, 2.75) is 25.8 Å². The summed E-state index contributed by atoms with van der Waals surface area (Å²) in [4.78, 5) is 28.4. The maximum atomic E-state index is 12.4. The number of ether oxygens (including phenoxy) is 1. The van der Waals surface area contributed by atoms with Gasteiger partial charge in [0.1, 0.15) is 5.75 Å². The topological polar surface area (TPSA) is 61.9 Å². The molecule has 2 amide bonds. The van der Waals surface area contributed by atoms with Crippen LogP contribution >= 0.6 is 0 Å². The van der Waals surface area contributed by atoms with Crippen LogP contribution < -0.4 is 15.0 Å². The number of amides is 2. The van der Waals surface area contributed by atoms with Crippen molar-refractivity contribution >= 4 is 17.5 Å². The van der Waals surface area contributed by atoms with Gasteiger partial charge >= 0.3 is 0 Å². The molecule has 0 aliphatic carbocycles. The predicted octanol–water partition coefficient (Wildman–Crippen LogP) is 1.50. The first-order valence-corrected chi connectivity index (χ1v) is 8.30. The summed E-state index contributed by atoms with van der Waals surface area (Å²) in [5.41, 5.74) is 0.803. The van der Waals surface area contributed by atoms with Gasteiger partial charge in [-0.15, -0.1) is 0 Å². The summed E-state index contributed by atoms with van der Waals surface area (Å²) in [6.07, 6.45) is 1.15. The molecule has 0 radical (unpaired) electrons. The zero-order valence-corrected chi connectivity index (χ0v) is 14.9. The van der Waals surface area contributed by atoms with E-state index in [1.165, 1.54) is 0 Å². The number of carbonyl (C=O) groups excluding carboxylic acids is 2. The highest BCUT2D eigenvalue weighted by molar-refractivity contribution is 6.00. The van der Waals surface area contributed by atoms with Crippen LogP contribution in [0.25, 0.3) is 0 Å². The second-order valence-corrected chi connectivity index (χ2v) is 6.61. The van der Waals surface area contributed by atoms with Gasteiger partial charge in [-0.25, -0.2) is 0 Å². The predicted molar refractivity (Wildman–Crippen MR) is 94.2 cm³/mol. The molecule has 1 aromatic rings. The summed E-state index contributed by atoms with van der Waals surface area (Å²) in [6, 6.07) is 7.43. The van der Waals surface area contributed by atoms with Crippen LogP contribution in [-0.2, 0) is 9.59 Å². The molecule has 2 rings (SSSR count). The Kier molecular flexibility index (Phi) is 6.20. The molecule has 1 aliphatic rings. The molecule has 24 heavy (non-hydrogen) atoms. The van der Waals surface area contributed by atoms with Crippen LogP contribution in [-0.4, -0.2) is 57.1 Å². The number of nitrogens with one attached hydrogen (secondary N) is 1. The fourth-order valence-corrected chi connectivity index (χ4v) is 2.78. The lowest BCUT2D eigenvalue weighted by Crippen LogP contribution is -2.39. The van der Waals surface area contributed by atoms with Crippen molar-refractivity contribution in [3.8, 4) is 5.75 Å². The number of benzene rings is 1. The number of methoxy groups -OCH3 is 1. The average Bonchev–Trinajstić information content (AvgIpc) is 2.95. The number of nitrogens with zero attached hydrogens (tertiary/aromatic N) is 2. The minimum absolute atomic E-state index is 0.0127. The number of rotatable bonds is 7. The van der Waals surface area contributed by atoms with E-state index in [2.05, 4.69) is 10.2 Å². The third-order valence-corrected chi connectivity index (χ3v) is 4.28. The van der Waals surface area contributed by atoms with Gasteiger partial charge in [0.05, 0.1) is 13.0 Å². The highest BCUT2D eigenvalue weighted by Gasteiger charge is 2.35. The summed E-state index contributed by atoms with van der Waals surface area (Å²) < 4.78 is 5.13. The van der Waals surface area contributed by atoms with Gasteiger partial charge < -0.3 is 19.9 Å². The smallest absolute Gasteiger partial charge is 0.227 e. The standard InChI is InChI=1S/C18H27N3O3/c1-13(9-10-20(2)3)19-18(23)14-11-17(22)21(12-14)15-5-7-16(24-4)8-6-15/h5-8,13-14H,9-12H2,1-4H3,(H,19,23). The normalized spacial score (nSPS) is 18.8. The van der Waals surface area contributed by atoms with E-state index in [9.17, 15) is 9.59 Å². The quantitative estimate of drug-likeness (QED) is 0.821. The van der Waals surface area contributed by atoms with E-state index in [0.29, 0.717) is 6.54 Å². The first kappa shape index (κ1) is 18.3. The molecule has 1 aromatic carbocycles.